The smallest absolute Gasteiger partial charge is 0.237 e. The number of hydrogen-bond acceptors (Lipinski definition) is 8. The highest BCUT2D eigenvalue weighted by atomic mass is 16.5. The minimum atomic E-state index is 0.132. The van der Waals surface area contributed by atoms with Crippen LogP contribution in [0.3, 0.4) is 0 Å². The van der Waals surface area contributed by atoms with Crippen LogP contribution in [0, 0.1) is 5.41 Å². The molecule has 0 aromatic carbocycles. The molecule has 1 aliphatic heterocycles. The van der Waals surface area contributed by atoms with Crippen LogP contribution in [-0.2, 0) is 13.0 Å². The molecule has 4 rings (SSSR count). The Morgan fingerprint density at radius 3 is 2.80 bits per heavy atom. The number of hydrogen-bond donors (Lipinski definition) is 2. The fourth-order valence-corrected chi connectivity index (χ4v) is 3.45. The summed E-state index contributed by atoms with van der Waals surface area (Å²) in [5, 5.41) is 7.65. The summed E-state index contributed by atoms with van der Waals surface area (Å²) >= 11 is 0. The number of fused-ring (bicyclic) bond motifs is 2. The lowest BCUT2D eigenvalue weighted by Gasteiger charge is -2.25. The van der Waals surface area contributed by atoms with Crippen molar-refractivity contribution >= 4 is 28.4 Å². The lowest BCUT2D eigenvalue weighted by atomic mass is 9.97. The third-order valence-electron chi connectivity index (χ3n) is 5.05. The highest BCUT2D eigenvalue weighted by molar-refractivity contribution is 5.88. The third-order valence-corrected chi connectivity index (χ3v) is 5.05. The molecule has 3 aromatic heterocycles. The number of nitrogens with zero attached hydrogens (tertiary/aromatic N) is 5. The average molecular weight is 408 g/mol. The van der Waals surface area contributed by atoms with Crippen molar-refractivity contribution in [3.05, 3.63) is 35.8 Å². The summed E-state index contributed by atoms with van der Waals surface area (Å²) < 4.78 is 5.53. The number of methoxy groups -OCH3 is 1. The number of rotatable bonds is 5. The zero-order chi connectivity index (χ0) is 21.3. The van der Waals surface area contributed by atoms with Crippen molar-refractivity contribution in [3.8, 4) is 5.88 Å². The molecule has 0 atom stereocenters. The van der Waals surface area contributed by atoms with Gasteiger partial charge in [-0.25, -0.2) is 19.9 Å². The van der Waals surface area contributed by atoms with Crippen molar-refractivity contribution in [1.82, 2.24) is 24.8 Å². The fraction of sp³-hybridized carbons (Fsp3) is 0.455. The van der Waals surface area contributed by atoms with E-state index in [9.17, 15) is 0 Å². The van der Waals surface area contributed by atoms with E-state index in [0.717, 1.165) is 54.2 Å². The van der Waals surface area contributed by atoms with Crippen molar-refractivity contribution in [3.63, 3.8) is 0 Å². The summed E-state index contributed by atoms with van der Waals surface area (Å²) in [5.41, 5.74) is 3.96. The van der Waals surface area contributed by atoms with Gasteiger partial charge >= 0.3 is 0 Å². The molecule has 0 saturated heterocycles. The summed E-state index contributed by atoms with van der Waals surface area (Å²) in [4.78, 5) is 20.7. The average Bonchev–Trinajstić information content (AvgIpc) is 2.71. The maximum Gasteiger partial charge on any atom is 0.237 e. The van der Waals surface area contributed by atoms with Crippen molar-refractivity contribution in [1.29, 1.82) is 0 Å². The van der Waals surface area contributed by atoms with Crippen LogP contribution >= 0.6 is 0 Å². The van der Waals surface area contributed by atoms with Crippen LogP contribution in [0.1, 0.15) is 32.0 Å². The lowest BCUT2D eigenvalue weighted by molar-refractivity contribution is 0.307. The topological polar surface area (TPSA) is 88.1 Å². The van der Waals surface area contributed by atoms with Crippen molar-refractivity contribution in [2.75, 3.05) is 37.9 Å². The van der Waals surface area contributed by atoms with E-state index in [0.29, 0.717) is 11.8 Å². The molecule has 0 spiro atoms. The van der Waals surface area contributed by atoms with Crippen LogP contribution < -0.4 is 15.4 Å². The van der Waals surface area contributed by atoms with Crippen LogP contribution in [0.5, 0.6) is 5.88 Å². The first kappa shape index (κ1) is 20.3. The van der Waals surface area contributed by atoms with Crippen molar-refractivity contribution in [2.24, 2.45) is 5.41 Å². The molecule has 0 fully saturated rings. The second-order valence-electron chi connectivity index (χ2n) is 8.97. The highest BCUT2D eigenvalue weighted by Crippen LogP contribution is 2.30. The lowest BCUT2D eigenvalue weighted by Crippen LogP contribution is -2.27. The van der Waals surface area contributed by atoms with Crippen LogP contribution in [0.15, 0.2) is 24.5 Å². The molecular formula is C22H29N7O. The molecule has 0 aliphatic carbocycles. The SMILES string of the molecule is COc1nc2c(cc1Nc1ncc3ccnc(NCC(C)(C)C)c3n1)CN(C)CC2. The predicted octanol–water partition coefficient (Wildman–Crippen LogP) is 3.62. The van der Waals surface area contributed by atoms with E-state index >= 15 is 0 Å². The molecule has 2 N–H and O–H groups in total. The first-order valence-corrected chi connectivity index (χ1v) is 10.2. The second-order valence-corrected chi connectivity index (χ2v) is 8.97. The Morgan fingerprint density at radius 2 is 2.03 bits per heavy atom. The predicted molar refractivity (Wildman–Crippen MR) is 119 cm³/mol. The Hall–Kier alpha value is -3.00. The van der Waals surface area contributed by atoms with Gasteiger partial charge in [-0.1, -0.05) is 20.8 Å². The van der Waals surface area contributed by atoms with Gasteiger partial charge in [0.2, 0.25) is 11.8 Å². The van der Waals surface area contributed by atoms with Crippen LogP contribution in [-0.4, -0.2) is 52.1 Å². The first-order chi connectivity index (χ1) is 14.3. The highest BCUT2D eigenvalue weighted by Gasteiger charge is 2.19. The maximum atomic E-state index is 5.53. The molecule has 0 radical (unpaired) electrons. The number of pyridine rings is 2. The van der Waals surface area contributed by atoms with Gasteiger partial charge in [-0.2, -0.15) is 0 Å². The van der Waals surface area contributed by atoms with E-state index in [-0.39, 0.29) is 5.41 Å². The number of likely N-dealkylation sites (N-methyl/N-ethyl adjacent to an activating group) is 1. The number of nitrogens with one attached hydrogen (secondary N) is 2. The number of anilines is 3. The van der Waals surface area contributed by atoms with Gasteiger partial charge in [-0.05, 0) is 30.2 Å². The van der Waals surface area contributed by atoms with Gasteiger partial charge in [-0.3, -0.25) is 0 Å². The molecule has 3 aromatic rings. The van der Waals surface area contributed by atoms with Gasteiger partial charge in [0.1, 0.15) is 11.2 Å². The summed E-state index contributed by atoms with van der Waals surface area (Å²) in [5.74, 6) is 1.79. The Labute approximate surface area is 177 Å². The van der Waals surface area contributed by atoms with E-state index in [2.05, 4.69) is 59.4 Å². The summed E-state index contributed by atoms with van der Waals surface area (Å²) in [6.45, 7) is 9.20. The Bertz CT molecular complexity index is 1060. The standard InChI is InChI=1S/C22H29N7O/c1-22(2,3)13-25-19-18-14(6-8-23-19)11-24-21(28-18)27-17-10-15-12-29(4)9-7-16(15)26-20(17)30-5/h6,8,10-11H,7,9,12-13H2,1-5H3,(H,23,25)(H,24,27,28). The molecule has 1 aliphatic rings. The van der Waals surface area contributed by atoms with Gasteiger partial charge in [0.25, 0.3) is 0 Å². The quantitative estimate of drug-likeness (QED) is 0.663. The molecule has 8 nitrogen and oxygen atoms in total. The maximum absolute atomic E-state index is 5.53. The van der Waals surface area contributed by atoms with Crippen LogP contribution in [0.4, 0.5) is 17.5 Å². The minimum Gasteiger partial charge on any atom is -0.480 e. The summed E-state index contributed by atoms with van der Waals surface area (Å²) in [6, 6.07) is 4.00. The minimum absolute atomic E-state index is 0.132. The van der Waals surface area contributed by atoms with E-state index in [1.807, 2.05) is 6.07 Å². The van der Waals surface area contributed by atoms with E-state index in [1.165, 1.54) is 5.56 Å². The Balaban J connectivity index is 1.66. The van der Waals surface area contributed by atoms with Crippen molar-refractivity contribution < 1.29 is 4.74 Å². The number of ether oxygens (including phenoxy) is 1. The van der Waals surface area contributed by atoms with Gasteiger partial charge in [-0.15, -0.1) is 0 Å². The van der Waals surface area contributed by atoms with E-state index in [4.69, 9.17) is 14.7 Å². The molecule has 8 heteroatoms. The molecule has 0 unspecified atom stereocenters. The molecule has 158 valence electrons. The molecule has 30 heavy (non-hydrogen) atoms. The monoisotopic (exact) mass is 407 g/mol. The van der Waals surface area contributed by atoms with Gasteiger partial charge in [0, 0.05) is 43.8 Å². The van der Waals surface area contributed by atoms with E-state index < -0.39 is 0 Å². The molecule has 0 bridgehead atoms. The van der Waals surface area contributed by atoms with Crippen LogP contribution in [0.25, 0.3) is 10.9 Å². The zero-order valence-electron chi connectivity index (χ0n) is 18.3. The summed E-state index contributed by atoms with van der Waals surface area (Å²) in [7, 11) is 3.75. The molecule has 0 amide bonds. The Morgan fingerprint density at radius 1 is 1.20 bits per heavy atom. The van der Waals surface area contributed by atoms with Crippen LogP contribution in [0.2, 0.25) is 0 Å². The summed E-state index contributed by atoms with van der Waals surface area (Å²) in [6.07, 6.45) is 4.50. The number of aromatic nitrogens is 4. The van der Waals surface area contributed by atoms with Crippen molar-refractivity contribution in [2.45, 2.75) is 33.7 Å². The van der Waals surface area contributed by atoms with Gasteiger partial charge in [0.05, 0.1) is 12.8 Å². The third kappa shape index (κ3) is 4.43. The van der Waals surface area contributed by atoms with Gasteiger partial charge < -0.3 is 20.3 Å². The second kappa shape index (κ2) is 8.02. The largest absolute Gasteiger partial charge is 0.480 e. The first-order valence-electron chi connectivity index (χ1n) is 10.2. The normalized spacial score (nSPS) is 14.4. The molecule has 0 saturated carbocycles. The Kier molecular flexibility index (Phi) is 5.42. The zero-order valence-corrected chi connectivity index (χ0v) is 18.3. The van der Waals surface area contributed by atoms with E-state index in [1.54, 1.807) is 19.5 Å². The fourth-order valence-electron chi connectivity index (χ4n) is 3.45. The van der Waals surface area contributed by atoms with Gasteiger partial charge in [0.15, 0.2) is 5.82 Å². The molecular weight excluding hydrogens is 378 g/mol. The molecule has 4 heterocycles.